The summed E-state index contributed by atoms with van der Waals surface area (Å²) < 4.78 is 4.98. The number of carbonyl (C=O) groups excluding carboxylic acids is 2. The molecule has 0 amide bonds. The Hall–Kier alpha value is -2.17. The zero-order chi connectivity index (χ0) is 19.3. The molecule has 0 aliphatic heterocycles. The Morgan fingerprint density at radius 3 is 2.81 bits per heavy atom. The Morgan fingerprint density at radius 2 is 2.07 bits per heavy atom. The number of carbonyl (C=O) groups is 2. The first-order valence-electron chi connectivity index (χ1n) is 10.0. The van der Waals surface area contributed by atoms with Crippen LogP contribution in [0.15, 0.2) is 12.1 Å². The van der Waals surface area contributed by atoms with Crippen molar-refractivity contribution in [2.45, 2.75) is 58.3 Å². The zero-order valence-corrected chi connectivity index (χ0v) is 16.0. The minimum atomic E-state index is -0.694. The number of fused-ring (bicyclic) bond motifs is 5. The standard InChI is InChI=1S/C22H27NO4/c1-3-27-21(26)20(23)19-15-5-4-14-13(12(15)6-8-17(19)24)10-11-22(2)16(14)7-9-18(22)25/h6,8,13-14,16,23-24H,3-5,7,9-11H2,1-2H3/t13-,14-,16+,22+/m1/s1. The van der Waals surface area contributed by atoms with Crippen LogP contribution in [0.25, 0.3) is 0 Å². The summed E-state index contributed by atoms with van der Waals surface area (Å²) in [7, 11) is 0. The van der Waals surface area contributed by atoms with Gasteiger partial charge in [0.25, 0.3) is 0 Å². The van der Waals surface area contributed by atoms with Gasteiger partial charge in [-0.25, -0.2) is 4.79 Å². The fourth-order valence-electron chi connectivity index (χ4n) is 6.01. The van der Waals surface area contributed by atoms with E-state index in [2.05, 4.69) is 6.92 Å². The van der Waals surface area contributed by atoms with Crippen LogP contribution in [0.2, 0.25) is 0 Å². The van der Waals surface area contributed by atoms with Crippen molar-refractivity contribution in [2.24, 2.45) is 17.3 Å². The largest absolute Gasteiger partial charge is 0.507 e. The van der Waals surface area contributed by atoms with Gasteiger partial charge in [0.15, 0.2) is 5.71 Å². The van der Waals surface area contributed by atoms with Gasteiger partial charge >= 0.3 is 5.97 Å². The number of hydrogen-bond donors (Lipinski definition) is 2. The fourth-order valence-corrected chi connectivity index (χ4v) is 6.01. The van der Waals surface area contributed by atoms with Crippen molar-refractivity contribution in [3.8, 4) is 5.75 Å². The Kier molecular flexibility index (Phi) is 4.36. The van der Waals surface area contributed by atoms with Crippen molar-refractivity contribution in [3.05, 3.63) is 28.8 Å². The lowest BCUT2D eigenvalue weighted by Crippen LogP contribution is -2.42. The molecule has 0 unspecified atom stereocenters. The van der Waals surface area contributed by atoms with Gasteiger partial charge in [-0.15, -0.1) is 0 Å². The third-order valence-corrected chi connectivity index (χ3v) is 7.33. The number of hydrogen-bond acceptors (Lipinski definition) is 5. The van der Waals surface area contributed by atoms with Gasteiger partial charge < -0.3 is 9.84 Å². The third-order valence-electron chi connectivity index (χ3n) is 7.33. The van der Waals surface area contributed by atoms with Crippen molar-refractivity contribution in [1.82, 2.24) is 0 Å². The molecular formula is C22H27NO4. The van der Waals surface area contributed by atoms with Crippen LogP contribution in [0.1, 0.15) is 68.6 Å². The highest BCUT2D eigenvalue weighted by molar-refractivity contribution is 6.43. The second-order valence-electron chi connectivity index (χ2n) is 8.46. The molecule has 3 aliphatic rings. The van der Waals surface area contributed by atoms with Gasteiger partial charge in [0.1, 0.15) is 11.5 Å². The topological polar surface area (TPSA) is 87.5 Å². The van der Waals surface area contributed by atoms with Crippen LogP contribution >= 0.6 is 0 Å². The van der Waals surface area contributed by atoms with Gasteiger partial charge in [0.2, 0.25) is 0 Å². The number of rotatable bonds is 3. The first kappa shape index (κ1) is 18.2. The van der Waals surface area contributed by atoms with E-state index in [1.165, 1.54) is 0 Å². The summed E-state index contributed by atoms with van der Waals surface area (Å²) in [5.41, 5.74) is 1.97. The van der Waals surface area contributed by atoms with Crippen LogP contribution in [0.5, 0.6) is 5.75 Å². The molecule has 5 heteroatoms. The second-order valence-corrected chi connectivity index (χ2v) is 8.46. The summed E-state index contributed by atoms with van der Waals surface area (Å²) in [5, 5.41) is 18.6. The summed E-state index contributed by atoms with van der Waals surface area (Å²) in [4.78, 5) is 24.6. The van der Waals surface area contributed by atoms with E-state index in [0.717, 1.165) is 43.2 Å². The summed E-state index contributed by atoms with van der Waals surface area (Å²) in [6, 6.07) is 3.57. The Morgan fingerprint density at radius 1 is 1.30 bits per heavy atom. The van der Waals surface area contributed by atoms with Crippen molar-refractivity contribution < 1.29 is 19.4 Å². The SMILES string of the molecule is CCOC(=O)C(=N)c1c(O)ccc2c1CC[C@@H]1[C@@H]2CC[C@]2(C)C(=O)CC[C@@H]12. The zero-order valence-electron chi connectivity index (χ0n) is 16.0. The number of Topliss-reactive ketones (excluding diaryl/α,β-unsaturated/α-hetero) is 1. The highest BCUT2D eigenvalue weighted by Gasteiger charge is 2.54. The number of ether oxygens (including phenoxy) is 1. The van der Waals surface area contributed by atoms with Crippen molar-refractivity contribution in [2.75, 3.05) is 6.61 Å². The number of nitrogens with one attached hydrogen (secondary N) is 1. The normalized spacial score (nSPS) is 31.6. The minimum Gasteiger partial charge on any atom is -0.507 e. The highest BCUT2D eigenvalue weighted by Crippen LogP contribution is 2.59. The lowest BCUT2D eigenvalue weighted by Gasteiger charge is -2.48. The monoisotopic (exact) mass is 369 g/mol. The van der Waals surface area contributed by atoms with E-state index in [4.69, 9.17) is 10.1 Å². The summed E-state index contributed by atoms with van der Waals surface area (Å²) in [6.45, 7) is 4.06. The van der Waals surface area contributed by atoms with Crippen LogP contribution in [-0.4, -0.2) is 29.2 Å². The second kappa shape index (κ2) is 6.47. The minimum absolute atomic E-state index is 0.0260. The molecule has 4 atom stereocenters. The van der Waals surface area contributed by atoms with Gasteiger partial charge in [0.05, 0.1) is 12.2 Å². The summed E-state index contributed by atoms with van der Waals surface area (Å²) in [5.74, 6) is 0.942. The van der Waals surface area contributed by atoms with Gasteiger partial charge in [-0.05, 0) is 74.0 Å². The number of ketones is 1. The molecular weight excluding hydrogens is 342 g/mol. The molecule has 0 radical (unpaired) electrons. The molecule has 2 saturated carbocycles. The number of aromatic hydroxyl groups is 1. The van der Waals surface area contributed by atoms with Crippen LogP contribution in [0, 0.1) is 22.7 Å². The number of phenolic OH excluding ortho intramolecular Hbond substituents is 1. The first-order valence-corrected chi connectivity index (χ1v) is 10.0. The van der Waals surface area contributed by atoms with E-state index < -0.39 is 5.97 Å². The van der Waals surface area contributed by atoms with E-state index in [0.29, 0.717) is 35.5 Å². The maximum absolute atomic E-state index is 12.5. The van der Waals surface area contributed by atoms with Crippen molar-refractivity contribution in [3.63, 3.8) is 0 Å². The molecule has 1 aromatic rings. The van der Waals surface area contributed by atoms with Gasteiger partial charge in [-0.3, -0.25) is 10.2 Å². The average molecular weight is 369 g/mol. The molecule has 1 aromatic carbocycles. The van der Waals surface area contributed by atoms with Crippen LogP contribution < -0.4 is 0 Å². The maximum Gasteiger partial charge on any atom is 0.356 e. The van der Waals surface area contributed by atoms with Crippen LogP contribution in [-0.2, 0) is 20.7 Å². The molecule has 4 rings (SSSR count). The molecule has 0 heterocycles. The van der Waals surface area contributed by atoms with E-state index in [1.807, 2.05) is 6.07 Å². The van der Waals surface area contributed by atoms with E-state index in [9.17, 15) is 14.7 Å². The lowest BCUT2D eigenvalue weighted by molar-refractivity contribution is -0.135. The lowest BCUT2D eigenvalue weighted by atomic mass is 9.55. The Balaban J connectivity index is 1.72. The number of phenols is 1. The molecule has 27 heavy (non-hydrogen) atoms. The van der Waals surface area contributed by atoms with Crippen LogP contribution in [0.3, 0.4) is 0 Å². The quantitative estimate of drug-likeness (QED) is 0.627. The predicted octanol–water partition coefficient (Wildman–Crippen LogP) is 3.75. The number of esters is 1. The first-order chi connectivity index (χ1) is 12.9. The third kappa shape index (κ3) is 2.62. The molecule has 0 bridgehead atoms. The Labute approximate surface area is 159 Å². The summed E-state index contributed by atoms with van der Waals surface area (Å²) >= 11 is 0. The van der Waals surface area contributed by atoms with Crippen LogP contribution in [0.4, 0.5) is 0 Å². The fraction of sp³-hybridized carbons (Fsp3) is 0.591. The molecule has 0 spiro atoms. The average Bonchev–Trinajstić information content (AvgIpc) is 2.96. The molecule has 144 valence electrons. The van der Waals surface area contributed by atoms with Gasteiger partial charge in [-0.1, -0.05) is 13.0 Å². The van der Waals surface area contributed by atoms with E-state index in [1.54, 1.807) is 13.0 Å². The Bertz CT molecular complexity index is 830. The van der Waals surface area contributed by atoms with Crippen molar-refractivity contribution >= 4 is 17.5 Å². The van der Waals surface area contributed by atoms with E-state index in [-0.39, 0.29) is 23.5 Å². The highest BCUT2D eigenvalue weighted by atomic mass is 16.5. The number of benzene rings is 1. The van der Waals surface area contributed by atoms with Gasteiger partial charge in [-0.2, -0.15) is 0 Å². The molecule has 0 aromatic heterocycles. The molecule has 3 aliphatic carbocycles. The van der Waals surface area contributed by atoms with Crippen molar-refractivity contribution in [1.29, 1.82) is 5.41 Å². The maximum atomic E-state index is 12.5. The molecule has 2 N–H and O–H groups in total. The van der Waals surface area contributed by atoms with Gasteiger partial charge in [0, 0.05) is 11.8 Å². The molecule has 5 nitrogen and oxygen atoms in total. The molecule has 2 fully saturated rings. The smallest absolute Gasteiger partial charge is 0.356 e. The summed E-state index contributed by atoms with van der Waals surface area (Å²) in [6.07, 6.45) is 5.21. The predicted molar refractivity (Wildman–Crippen MR) is 101 cm³/mol. The van der Waals surface area contributed by atoms with E-state index >= 15 is 0 Å². The molecule has 0 saturated heterocycles.